The number of hydrogen-bond donors (Lipinski definition) is 2. The van der Waals surface area contributed by atoms with Crippen LogP contribution in [0, 0.1) is 6.92 Å². The van der Waals surface area contributed by atoms with E-state index in [2.05, 4.69) is 10.2 Å². The average molecular weight is 274 g/mol. The Morgan fingerprint density at radius 3 is 2.50 bits per heavy atom. The number of ether oxygens (including phenoxy) is 2. The van der Waals surface area contributed by atoms with Crippen LogP contribution in [0.25, 0.3) is 0 Å². The van der Waals surface area contributed by atoms with E-state index >= 15 is 0 Å². The van der Waals surface area contributed by atoms with Crippen LogP contribution < -0.4 is 14.9 Å². The maximum absolute atomic E-state index is 9.14. The predicted octanol–water partition coefficient (Wildman–Crippen LogP) is 0.0524. The molecule has 0 aliphatic rings. The second-order valence-corrected chi connectivity index (χ2v) is 4.25. The van der Waals surface area contributed by atoms with Crippen molar-refractivity contribution < 1.29 is 19.5 Å². The molecule has 0 fully saturated rings. The van der Waals surface area contributed by atoms with Crippen LogP contribution in [-0.4, -0.2) is 34.5 Å². The lowest BCUT2D eigenvalue weighted by molar-refractivity contribution is 0.298. The molecule has 0 saturated carbocycles. The zero-order valence-corrected chi connectivity index (χ0v) is 11.3. The van der Waals surface area contributed by atoms with Crippen LogP contribution >= 0.6 is 0 Å². The van der Waals surface area contributed by atoms with Gasteiger partial charge in [0.2, 0.25) is 5.88 Å². The van der Waals surface area contributed by atoms with E-state index in [0.717, 1.165) is 5.56 Å². The zero-order valence-electron chi connectivity index (χ0n) is 11.3. The molecule has 0 aliphatic carbocycles. The fourth-order valence-electron chi connectivity index (χ4n) is 1.72. The van der Waals surface area contributed by atoms with Crippen molar-refractivity contribution in [3.8, 4) is 11.6 Å². The average Bonchev–Trinajstić information content (AvgIpc) is 2.45. The van der Waals surface area contributed by atoms with Crippen molar-refractivity contribution in [1.82, 2.24) is 10.2 Å². The highest BCUT2D eigenvalue weighted by molar-refractivity contribution is 6.59. The molecule has 0 spiro atoms. The van der Waals surface area contributed by atoms with E-state index in [1.807, 2.05) is 0 Å². The van der Waals surface area contributed by atoms with Gasteiger partial charge in [-0.15, -0.1) is 10.2 Å². The number of benzene rings is 1. The monoisotopic (exact) mass is 274 g/mol. The molecule has 0 bridgehead atoms. The molecule has 2 N–H and O–H groups in total. The van der Waals surface area contributed by atoms with Gasteiger partial charge < -0.3 is 19.5 Å². The molecule has 6 nitrogen and oxygen atoms in total. The first-order valence-electron chi connectivity index (χ1n) is 6.06. The maximum Gasteiger partial charge on any atom is 0.488 e. The Morgan fingerprint density at radius 1 is 1.15 bits per heavy atom. The Hall–Kier alpha value is -2.12. The molecule has 0 atom stereocenters. The standard InChI is InChI=1S/C13H15BN2O4/c1-9-7-11(4-5-12(9)14(17)18)20-8-10-3-6-13(19-2)16-15-10/h3-7,17-18H,8H2,1-2H3. The Bertz CT molecular complexity index is 575. The SMILES string of the molecule is COc1ccc(COc2ccc(B(O)O)c(C)c2)nn1. The van der Waals surface area contributed by atoms with Crippen LogP contribution in [0.3, 0.4) is 0 Å². The van der Waals surface area contributed by atoms with Crippen molar-refractivity contribution in [2.45, 2.75) is 13.5 Å². The molecule has 1 heterocycles. The smallest absolute Gasteiger partial charge is 0.487 e. The van der Waals surface area contributed by atoms with Crippen molar-refractivity contribution in [3.63, 3.8) is 0 Å². The first kappa shape index (κ1) is 14.3. The second-order valence-electron chi connectivity index (χ2n) is 4.25. The van der Waals surface area contributed by atoms with Crippen molar-refractivity contribution in [2.24, 2.45) is 0 Å². The molecule has 7 heteroatoms. The fourth-order valence-corrected chi connectivity index (χ4v) is 1.72. The predicted molar refractivity (Wildman–Crippen MR) is 73.9 cm³/mol. The Morgan fingerprint density at radius 2 is 1.95 bits per heavy atom. The molecule has 0 aliphatic heterocycles. The van der Waals surface area contributed by atoms with Crippen molar-refractivity contribution in [1.29, 1.82) is 0 Å². The summed E-state index contributed by atoms with van der Waals surface area (Å²) in [5.41, 5.74) is 1.88. The van der Waals surface area contributed by atoms with E-state index in [-0.39, 0.29) is 6.61 Å². The van der Waals surface area contributed by atoms with E-state index in [4.69, 9.17) is 19.5 Å². The van der Waals surface area contributed by atoms with Gasteiger partial charge in [-0.3, -0.25) is 0 Å². The normalized spacial score (nSPS) is 10.2. The molecular formula is C13H15BN2O4. The molecule has 2 rings (SSSR count). The number of rotatable bonds is 5. The number of aryl methyl sites for hydroxylation is 1. The van der Waals surface area contributed by atoms with Crippen LogP contribution in [0.1, 0.15) is 11.3 Å². The van der Waals surface area contributed by atoms with Gasteiger partial charge in [0.15, 0.2) is 0 Å². The van der Waals surface area contributed by atoms with Crippen LogP contribution in [0.4, 0.5) is 0 Å². The van der Waals surface area contributed by atoms with E-state index < -0.39 is 7.12 Å². The van der Waals surface area contributed by atoms with Crippen LogP contribution in [0.5, 0.6) is 11.6 Å². The molecule has 1 aromatic carbocycles. The molecule has 0 unspecified atom stereocenters. The first-order valence-corrected chi connectivity index (χ1v) is 6.06. The van der Waals surface area contributed by atoms with Gasteiger partial charge in [0.05, 0.1) is 7.11 Å². The third-order valence-corrected chi connectivity index (χ3v) is 2.81. The molecule has 0 saturated heterocycles. The minimum absolute atomic E-state index is 0.275. The summed E-state index contributed by atoms with van der Waals surface area (Å²) in [7, 11) is 0.0524. The maximum atomic E-state index is 9.14. The second kappa shape index (κ2) is 6.36. The zero-order chi connectivity index (χ0) is 14.5. The quantitative estimate of drug-likeness (QED) is 0.749. The number of hydrogen-bond acceptors (Lipinski definition) is 6. The summed E-state index contributed by atoms with van der Waals surface area (Å²) in [5.74, 6) is 1.08. The van der Waals surface area contributed by atoms with E-state index in [1.165, 1.54) is 7.11 Å². The highest BCUT2D eigenvalue weighted by atomic mass is 16.5. The summed E-state index contributed by atoms with van der Waals surface area (Å²) < 4.78 is 10.5. The van der Waals surface area contributed by atoms with Gasteiger partial charge in [-0.1, -0.05) is 6.07 Å². The lowest BCUT2D eigenvalue weighted by atomic mass is 9.77. The Kier molecular flexibility index (Phi) is 4.55. The fraction of sp³-hybridized carbons (Fsp3) is 0.231. The van der Waals surface area contributed by atoms with Crippen LogP contribution in [-0.2, 0) is 6.61 Å². The topological polar surface area (TPSA) is 84.7 Å². The van der Waals surface area contributed by atoms with Crippen molar-refractivity contribution in [3.05, 3.63) is 41.6 Å². The van der Waals surface area contributed by atoms with E-state index in [9.17, 15) is 0 Å². The van der Waals surface area contributed by atoms with Crippen LogP contribution in [0.15, 0.2) is 30.3 Å². The summed E-state index contributed by atoms with van der Waals surface area (Å²) >= 11 is 0. The third-order valence-electron chi connectivity index (χ3n) is 2.81. The highest BCUT2D eigenvalue weighted by Gasteiger charge is 2.14. The van der Waals surface area contributed by atoms with Crippen molar-refractivity contribution >= 4 is 12.6 Å². The minimum Gasteiger partial charge on any atom is -0.487 e. The van der Waals surface area contributed by atoms with Gasteiger partial charge in [0, 0.05) is 6.07 Å². The highest BCUT2D eigenvalue weighted by Crippen LogP contribution is 2.13. The summed E-state index contributed by atoms with van der Waals surface area (Å²) in [4.78, 5) is 0. The molecule has 2 aromatic rings. The van der Waals surface area contributed by atoms with Gasteiger partial charge in [-0.25, -0.2) is 0 Å². The van der Waals surface area contributed by atoms with Gasteiger partial charge in [0.1, 0.15) is 18.1 Å². The molecular weight excluding hydrogens is 259 g/mol. The molecule has 104 valence electrons. The van der Waals surface area contributed by atoms with Gasteiger partial charge in [-0.2, -0.15) is 0 Å². The number of nitrogens with zero attached hydrogens (tertiary/aromatic N) is 2. The summed E-state index contributed by atoms with van der Waals surface area (Å²) in [5, 5.41) is 26.1. The summed E-state index contributed by atoms with van der Waals surface area (Å²) in [6.45, 7) is 2.06. The Labute approximate surface area is 117 Å². The molecule has 20 heavy (non-hydrogen) atoms. The van der Waals surface area contributed by atoms with E-state index in [0.29, 0.717) is 22.8 Å². The third kappa shape index (κ3) is 3.46. The first-order chi connectivity index (χ1) is 9.60. The van der Waals surface area contributed by atoms with Gasteiger partial charge in [-0.05, 0) is 36.1 Å². The molecule has 0 amide bonds. The minimum atomic E-state index is -1.48. The van der Waals surface area contributed by atoms with Crippen LogP contribution in [0.2, 0.25) is 0 Å². The van der Waals surface area contributed by atoms with Crippen molar-refractivity contribution in [2.75, 3.05) is 7.11 Å². The lowest BCUT2D eigenvalue weighted by Crippen LogP contribution is -2.31. The van der Waals surface area contributed by atoms with E-state index in [1.54, 1.807) is 37.3 Å². The number of methoxy groups -OCH3 is 1. The largest absolute Gasteiger partial charge is 0.488 e. The molecule has 0 radical (unpaired) electrons. The van der Waals surface area contributed by atoms with Gasteiger partial charge in [0.25, 0.3) is 0 Å². The molecule has 1 aromatic heterocycles. The summed E-state index contributed by atoms with van der Waals surface area (Å²) in [6, 6.07) is 8.52. The lowest BCUT2D eigenvalue weighted by Gasteiger charge is -2.09. The Balaban J connectivity index is 2.01. The summed E-state index contributed by atoms with van der Waals surface area (Å²) in [6.07, 6.45) is 0. The number of aromatic nitrogens is 2. The van der Waals surface area contributed by atoms with Gasteiger partial charge >= 0.3 is 7.12 Å².